The molecule has 0 saturated carbocycles. The summed E-state index contributed by atoms with van der Waals surface area (Å²) >= 11 is 0. The third-order valence-electron chi connectivity index (χ3n) is 4.45. The maximum absolute atomic E-state index is 13.6. The summed E-state index contributed by atoms with van der Waals surface area (Å²) in [5, 5.41) is 0. The summed E-state index contributed by atoms with van der Waals surface area (Å²) in [5.41, 5.74) is 1.60. The highest BCUT2D eigenvalue weighted by Gasteiger charge is 2.37. The number of anilines is 2. The number of para-hydroxylation sites is 1. The van der Waals surface area contributed by atoms with Crippen LogP contribution < -0.4 is 9.64 Å². The highest BCUT2D eigenvalue weighted by atomic mass is 19.4. The van der Waals surface area contributed by atoms with Crippen LogP contribution in [-0.4, -0.2) is 17.0 Å². The Labute approximate surface area is 168 Å². The Balaban J connectivity index is 1.96. The molecule has 3 aromatic rings. The van der Waals surface area contributed by atoms with Gasteiger partial charge in [-0.1, -0.05) is 61.9 Å². The van der Waals surface area contributed by atoms with E-state index in [9.17, 15) is 13.2 Å². The molecule has 0 radical (unpaired) electrons. The van der Waals surface area contributed by atoms with Crippen LogP contribution in [-0.2, 0) is 19.2 Å². The number of ether oxygens (including phenoxy) is 1. The second-order valence-corrected chi connectivity index (χ2v) is 6.60. The zero-order valence-corrected chi connectivity index (χ0v) is 16.3. The van der Waals surface area contributed by atoms with Crippen LogP contribution in [0.15, 0.2) is 60.8 Å². The molecule has 0 fully saturated rings. The van der Waals surface area contributed by atoms with Crippen LogP contribution in [0.25, 0.3) is 0 Å². The van der Waals surface area contributed by atoms with Gasteiger partial charge in [-0.25, -0.2) is 4.98 Å². The lowest BCUT2D eigenvalue weighted by atomic mass is 10.1. The lowest BCUT2D eigenvalue weighted by Crippen LogP contribution is -2.20. The Kier molecular flexibility index (Phi) is 6.36. The van der Waals surface area contributed by atoms with E-state index in [1.54, 1.807) is 19.2 Å². The van der Waals surface area contributed by atoms with Crippen molar-refractivity contribution in [2.24, 2.45) is 0 Å². The number of rotatable bonds is 7. The van der Waals surface area contributed by atoms with E-state index in [1.165, 1.54) is 4.90 Å². The van der Waals surface area contributed by atoms with E-state index in [1.807, 2.05) is 49.4 Å². The summed E-state index contributed by atoms with van der Waals surface area (Å²) in [4.78, 5) is 9.33. The van der Waals surface area contributed by atoms with Gasteiger partial charge in [0, 0.05) is 18.9 Å². The number of aryl methyl sites for hydroxylation is 1. The number of hydrogen-bond donors (Lipinski definition) is 0. The SMILES string of the molecule is CCCc1ccccc1N(C)c1nc(OCc2ccccc2)ncc1C(F)(F)F. The summed E-state index contributed by atoms with van der Waals surface area (Å²) in [6, 6.07) is 16.6. The predicted octanol–water partition coefficient (Wildman–Crippen LogP) is 5.79. The fourth-order valence-electron chi connectivity index (χ4n) is 3.04. The molecule has 1 heterocycles. The van der Waals surface area contributed by atoms with Gasteiger partial charge in [0.15, 0.2) is 5.82 Å². The molecule has 0 aliphatic rings. The molecule has 0 unspecified atom stereocenters. The van der Waals surface area contributed by atoms with Gasteiger partial charge in [0.1, 0.15) is 12.2 Å². The highest BCUT2D eigenvalue weighted by molar-refractivity contribution is 5.66. The number of nitrogens with zero attached hydrogens (tertiary/aromatic N) is 3. The fraction of sp³-hybridized carbons (Fsp3) is 0.273. The van der Waals surface area contributed by atoms with E-state index in [-0.39, 0.29) is 18.4 Å². The number of benzene rings is 2. The van der Waals surface area contributed by atoms with Gasteiger partial charge in [-0.2, -0.15) is 18.2 Å². The molecule has 0 atom stereocenters. The average molecular weight is 401 g/mol. The third kappa shape index (κ3) is 5.04. The van der Waals surface area contributed by atoms with Crippen molar-refractivity contribution < 1.29 is 17.9 Å². The minimum Gasteiger partial charge on any atom is -0.459 e. The molecule has 0 bridgehead atoms. The van der Waals surface area contributed by atoms with Gasteiger partial charge in [-0.3, -0.25) is 0 Å². The van der Waals surface area contributed by atoms with Crippen molar-refractivity contribution in [3.05, 3.63) is 77.5 Å². The second-order valence-electron chi connectivity index (χ2n) is 6.60. The maximum atomic E-state index is 13.6. The van der Waals surface area contributed by atoms with Gasteiger partial charge in [-0.15, -0.1) is 0 Å². The number of aromatic nitrogens is 2. The van der Waals surface area contributed by atoms with Crippen LogP contribution in [0.5, 0.6) is 6.01 Å². The average Bonchev–Trinajstić information content (AvgIpc) is 2.72. The fourth-order valence-corrected chi connectivity index (χ4v) is 3.04. The van der Waals surface area contributed by atoms with Crippen LogP contribution in [0.2, 0.25) is 0 Å². The normalized spacial score (nSPS) is 11.3. The van der Waals surface area contributed by atoms with Gasteiger partial charge in [0.05, 0.1) is 0 Å². The van der Waals surface area contributed by atoms with Gasteiger partial charge in [0.25, 0.3) is 0 Å². The van der Waals surface area contributed by atoms with E-state index in [0.29, 0.717) is 5.69 Å². The number of halogens is 3. The first-order valence-corrected chi connectivity index (χ1v) is 9.32. The van der Waals surface area contributed by atoms with E-state index < -0.39 is 11.7 Å². The van der Waals surface area contributed by atoms with Gasteiger partial charge in [0.2, 0.25) is 0 Å². The predicted molar refractivity (Wildman–Crippen MR) is 106 cm³/mol. The Hall–Kier alpha value is -3.09. The van der Waals surface area contributed by atoms with Crippen molar-refractivity contribution in [1.82, 2.24) is 9.97 Å². The van der Waals surface area contributed by atoms with Crippen molar-refractivity contribution in [3.8, 4) is 6.01 Å². The lowest BCUT2D eigenvalue weighted by Gasteiger charge is -2.24. The van der Waals surface area contributed by atoms with E-state index in [0.717, 1.165) is 30.2 Å². The summed E-state index contributed by atoms with van der Waals surface area (Å²) in [6.07, 6.45) is -2.17. The van der Waals surface area contributed by atoms with Crippen LogP contribution in [0, 0.1) is 0 Å². The monoisotopic (exact) mass is 401 g/mol. The molecular weight excluding hydrogens is 379 g/mol. The molecule has 3 rings (SSSR count). The minimum atomic E-state index is -4.58. The third-order valence-corrected chi connectivity index (χ3v) is 4.45. The van der Waals surface area contributed by atoms with Crippen molar-refractivity contribution in [2.75, 3.05) is 11.9 Å². The molecular formula is C22H22F3N3O. The first-order valence-electron chi connectivity index (χ1n) is 9.32. The Morgan fingerprint density at radius 2 is 1.69 bits per heavy atom. The van der Waals surface area contributed by atoms with Crippen LogP contribution >= 0.6 is 0 Å². The molecule has 4 nitrogen and oxygen atoms in total. The molecule has 7 heteroatoms. The van der Waals surface area contributed by atoms with Gasteiger partial charge < -0.3 is 9.64 Å². The quantitative estimate of drug-likeness (QED) is 0.502. The van der Waals surface area contributed by atoms with Gasteiger partial charge >= 0.3 is 12.2 Å². The first kappa shape index (κ1) is 20.6. The van der Waals surface area contributed by atoms with E-state index in [4.69, 9.17) is 4.74 Å². The van der Waals surface area contributed by atoms with Crippen LogP contribution in [0.4, 0.5) is 24.7 Å². The Morgan fingerprint density at radius 1 is 1.00 bits per heavy atom. The Morgan fingerprint density at radius 3 is 2.38 bits per heavy atom. The van der Waals surface area contributed by atoms with Crippen molar-refractivity contribution in [2.45, 2.75) is 32.5 Å². The zero-order chi connectivity index (χ0) is 20.9. The Bertz CT molecular complexity index is 946. The maximum Gasteiger partial charge on any atom is 0.421 e. The van der Waals surface area contributed by atoms with E-state index in [2.05, 4.69) is 9.97 Å². The van der Waals surface area contributed by atoms with E-state index >= 15 is 0 Å². The molecule has 0 saturated heterocycles. The zero-order valence-electron chi connectivity index (χ0n) is 16.3. The summed E-state index contributed by atoms with van der Waals surface area (Å²) in [5.74, 6) is -0.237. The minimum absolute atomic E-state index is 0.100. The summed E-state index contributed by atoms with van der Waals surface area (Å²) < 4.78 is 46.4. The largest absolute Gasteiger partial charge is 0.459 e. The molecule has 29 heavy (non-hydrogen) atoms. The topological polar surface area (TPSA) is 38.2 Å². The molecule has 1 aromatic heterocycles. The molecule has 0 N–H and O–H groups in total. The molecule has 0 spiro atoms. The highest BCUT2D eigenvalue weighted by Crippen LogP contribution is 2.38. The number of hydrogen-bond acceptors (Lipinski definition) is 4. The van der Waals surface area contributed by atoms with Gasteiger partial charge in [-0.05, 0) is 23.6 Å². The molecule has 152 valence electrons. The van der Waals surface area contributed by atoms with Crippen molar-refractivity contribution >= 4 is 11.5 Å². The van der Waals surface area contributed by atoms with Crippen molar-refractivity contribution in [1.29, 1.82) is 0 Å². The molecule has 0 amide bonds. The smallest absolute Gasteiger partial charge is 0.421 e. The van der Waals surface area contributed by atoms with Crippen molar-refractivity contribution in [3.63, 3.8) is 0 Å². The summed E-state index contributed by atoms with van der Waals surface area (Å²) in [7, 11) is 1.58. The molecule has 0 aliphatic heterocycles. The first-order chi connectivity index (χ1) is 13.9. The summed E-state index contributed by atoms with van der Waals surface area (Å²) in [6.45, 7) is 2.19. The standard InChI is InChI=1S/C22H22F3N3O/c1-3-9-17-12-7-8-13-19(17)28(2)20-18(22(23,24)25)14-26-21(27-20)29-15-16-10-5-4-6-11-16/h4-8,10-14H,3,9,15H2,1-2H3. The number of alkyl halides is 3. The van der Waals surface area contributed by atoms with Crippen LogP contribution in [0.1, 0.15) is 30.0 Å². The van der Waals surface area contributed by atoms with Crippen LogP contribution in [0.3, 0.4) is 0 Å². The lowest BCUT2D eigenvalue weighted by molar-refractivity contribution is -0.137. The molecule has 2 aromatic carbocycles. The molecule has 0 aliphatic carbocycles. The second kappa shape index (κ2) is 8.94.